The SMILES string of the molecule is COc1cc(/C=C2\SC(=O)N(Cc3ccc(Cl)cc3)C2=O)ccc1OCc1ccccc1C#N. The van der Waals surface area contributed by atoms with Crippen LogP contribution >= 0.6 is 23.4 Å². The topological polar surface area (TPSA) is 79.6 Å². The molecule has 0 N–H and O–H groups in total. The number of nitriles is 1. The van der Waals surface area contributed by atoms with Crippen molar-refractivity contribution < 1.29 is 19.1 Å². The van der Waals surface area contributed by atoms with Gasteiger partial charge in [0.05, 0.1) is 30.2 Å². The number of ether oxygens (including phenoxy) is 2. The molecular formula is C26H19ClN2O4S. The van der Waals surface area contributed by atoms with Gasteiger partial charge in [0.25, 0.3) is 11.1 Å². The molecule has 0 saturated carbocycles. The lowest BCUT2D eigenvalue weighted by Crippen LogP contribution is -2.27. The van der Waals surface area contributed by atoms with Crippen LogP contribution in [-0.4, -0.2) is 23.2 Å². The summed E-state index contributed by atoms with van der Waals surface area (Å²) in [6.45, 7) is 0.391. The van der Waals surface area contributed by atoms with E-state index in [0.717, 1.165) is 22.9 Å². The summed E-state index contributed by atoms with van der Waals surface area (Å²) in [6.07, 6.45) is 1.66. The number of carbonyl (C=O) groups excluding carboxylic acids is 2. The van der Waals surface area contributed by atoms with Crippen molar-refractivity contribution in [1.82, 2.24) is 4.90 Å². The maximum atomic E-state index is 12.8. The van der Waals surface area contributed by atoms with Crippen LogP contribution in [0, 0.1) is 11.3 Å². The summed E-state index contributed by atoms with van der Waals surface area (Å²) >= 11 is 6.80. The molecule has 4 rings (SSSR count). The van der Waals surface area contributed by atoms with Crippen LogP contribution in [0.15, 0.2) is 71.6 Å². The Hall–Kier alpha value is -3.73. The number of thioether (sulfide) groups is 1. The number of halogens is 1. The van der Waals surface area contributed by atoms with Gasteiger partial charge in [-0.2, -0.15) is 5.26 Å². The van der Waals surface area contributed by atoms with Crippen LogP contribution in [0.5, 0.6) is 11.5 Å². The fourth-order valence-corrected chi connectivity index (χ4v) is 4.33. The van der Waals surface area contributed by atoms with Crippen molar-refractivity contribution in [1.29, 1.82) is 5.26 Å². The molecule has 1 heterocycles. The molecule has 0 unspecified atom stereocenters. The number of nitrogens with zero attached hydrogens (tertiary/aromatic N) is 2. The summed E-state index contributed by atoms with van der Waals surface area (Å²) in [5, 5.41) is 9.51. The molecule has 34 heavy (non-hydrogen) atoms. The lowest BCUT2D eigenvalue weighted by Gasteiger charge is -2.13. The first kappa shape index (κ1) is 23.4. The second kappa shape index (κ2) is 10.5. The largest absolute Gasteiger partial charge is 0.493 e. The molecule has 2 amide bonds. The van der Waals surface area contributed by atoms with Gasteiger partial charge in [0.1, 0.15) is 6.61 Å². The predicted octanol–water partition coefficient (Wildman–Crippen LogP) is 6.04. The van der Waals surface area contributed by atoms with Crippen LogP contribution in [0.25, 0.3) is 6.08 Å². The lowest BCUT2D eigenvalue weighted by molar-refractivity contribution is -0.123. The Labute approximate surface area is 206 Å². The molecule has 1 aliphatic rings. The van der Waals surface area contributed by atoms with Gasteiger partial charge in [0, 0.05) is 10.6 Å². The van der Waals surface area contributed by atoms with Gasteiger partial charge in [0.2, 0.25) is 0 Å². The molecule has 1 fully saturated rings. The number of carbonyl (C=O) groups is 2. The third-order valence-corrected chi connectivity index (χ3v) is 6.29. The smallest absolute Gasteiger partial charge is 0.293 e. The van der Waals surface area contributed by atoms with E-state index >= 15 is 0 Å². The zero-order chi connectivity index (χ0) is 24.1. The molecular weight excluding hydrogens is 472 g/mol. The van der Waals surface area contributed by atoms with Crippen LogP contribution < -0.4 is 9.47 Å². The van der Waals surface area contributed by atoms with Crippen molar-refractivity contribution >= 4 is 40.6 Å². The Kier molecular flexibility index (Phi) is 7.21. The number of amides is 2. The van der Waals surface area contributed by atoms with Gasteiger partial charge < -0.3 is 9.47 Å². The maximum absolute atomic E-state index is 12.8. The van der Waals surface area contributed by atoms with E-state index < -0.39 is 0 Å². The Morgan fingerprint density at radius 3 is 2.56 bits per heavy atom. The van der Waals surface area contributed by atoms with Crippen molar-refractivity contribution in [3.8, 4) is 17.6 Å². The second-order valence-corrected chi connectivity index (χ2v) is 8.79. The van der Waals surface area contributed by atoms with E-state index in [0.29, 0.717) is 32.6 Å². The van der Waals surface area contributed by atoms with Gasteiger partial charge in [0.15, 0.2) is 11.5 Å². The molecule has 0 bridgehead atoms. The van der Waals surface area contributed by atoms with Gasteiger partial charge in [-0.3, -0.25) is 14.5 Å². The zero-order valence-electron chi connectivity index (χ0n) is 18.2. The molecule has 3 aromatic carbocycles. The molecule has 0 spiro atoms. The van der Waals surface area contributed by atoms with E-state index in [1.807, 2.05) is 12.1 Å². The molecule has 6 nitrogen and oxygen atoms in total. The molecule has 1 aliphatic heterocycles. The minimum atomic E-state index is -0.350. The normalized spacial score (nSPS) is 14.4. The van der Waals surface area contributed by atoms with Gasteiger partial charge in [-0.25, -0.2) is 0 Å². The summed E-state index contributed by atoms with van der Waals surface area (Å²) in [4.78, 5) is 26.8. The fourth-order valence-electron chi connectivity index (χ4n) is 3.36. The van der Waals surface area contributed by atoms with Crippen LogP contribution in [0.1, 0.15) is 22.3 Å². The number of methoxy groups -OCH3 is 1. The van der Waals surface area contributed by atoms with Crippen LogP contribution in [0.2, 0.25) is 5.02 Å². The lowest BCUT2D eigenvalue weighted by atomic mass is 10.1. The molecule has 8 heteroatoms. The standard InChI is InChI=1S/C26H19ClN2O4S/c1-32-23-12-18(8-11-22(23)33-16-20-5-3-2-4-19(20)14-28)13-24-25(30)29(26(31)34-24)15-17-6-9-21(27)10-7-17/h2-13H,15-16H2,1H3/b24-13-. The van der Waals surface area contributed by atoms with Crippen LogP contribution in [0.3, 0.4) is 0 Å². The number of benzene rings is 3. The van der Waals surface area contributed by atoms with Crippen molar-refractivity contribution in [2.24, 2.45) is 0 Å². The number of rotatable bonds is 7. The summed E-state index contributed by atoms with van der Waals surface area (Å²) in [5.41, 5.74) is 2.82. The highest BCUT2D eigenvalue weighted by Crippen LogP contribution is 2.35. The first-order valence-electron chi connectivity index (χ1n) is 10.3. The van der Waals surface area contributed by atoms with Gasteiger partial charge in [-0.05, 0) is 59.3 Å². The summed E-state index contributed by atoms with van der Waals surface area (Å²) in [6, 6.07) is 21.6. The Bertz CT molecular complexity index is 1320. The van der Waals surface area contributed by atoms with Crippen molar-refractivity contribution in [3.05, 3.63) is 98.9 Å². The summed E-state index contributed by atoms with van der Waals surface area (Å²) < 4.78 is 11.3. The highest BCUT2D eigenvalue weighted by Gasteiger charge is 2.35. The van der Waals surface area contributed by atoms with E-state index in [1.54, 1.807) is 60.7 Å². The van der Waals surface area contributed by atoms with Crippen LogP contribution in [-0.2, 0) is 17.9 Å². The molecule has 0 aromatic heterocycles. The van der Waals surface area contributed by atoms with Gasteiger partial charge in [-0.1, -0.05) is 48.0 Å². The second-order valence-electron chi connectivity index (χ2n) is 7.36. The molecule has 0 radical (unpaired) electrons. The van der Waals surface area contributed by atoms with Crippen LogP contribution in [0.4, 0.5) is 4.79 Å². The number of hydrogen-bond donors (Lipinski definition) is 0. The highest BCUT2D eigenvalue weighted by atomic mass is 35.5. The molecule has 0 atom stereocenters. The Morgan fingerprint density at radius 1 is 1.06 bits per heavy atom. The average Bonchev–Trinajstić information content (AvgIpc) is 3.11. The van der Waals surface area contributed by atoms with Crippen molar-refractivity contribution in [3.63, 3.8) is 0 Å². The minimum absolute atomic E-state index is 0.180. The minimum Gasteiger partial charge on any atom is -0.493 e. The van der Waals surface area contributed by atoms with Gasteiger partial charge >= 0.3 is 0 Å². The fraction of sp³-hybridized carbons (Fsp3) is 0.115. The molecule has 1 saturated heterocycles. The summed E-state index contributed by atoms with van der Waals surface area (Å²) in [5.74, 6) is 0.629. The third-order valence-electron chi connectivity index (χ3n) is 5.13. The first-order valence-corrected chi connectivity index (χ1v) is 11.5. The van der Waals surface area contributed by atoms with E-state index in [2.05, 4.69) is 6.07 Å². The summed E-state index contributed by atoms with van der Waals surface area (Å²) in [7, 11) is 1.52. The highest BCUT2D eigenvalue weighted by molar-refractivity contribution is 8.18. The third kappa shape index (κ3) is 5.25. The molecule has 170 valence electrons. The first-order chi connectivity index (χ1) is 16.5. The zero-order valence-corrected chi connectivity index (χ0v) is 19.7. The molecule has 0 aliphatic carbocycles. The average molecular weight is 491 g/mol. The van der Waals surface area contributed by atoms with E-state index in [9.17, 15) is 14.9 Å². The van der Waals surface area contributed by atoms with E-state index in [4.69, 9.17) is 21.1 Å². The van der Waals surface area contributed by atoms with Crippen molar-refractivity contribution in [2.75, 3.05) is 7.11 Å². The maximum Gasteiger partial charge on any atom is 0.293 e. The number of imide groups is 1. The van der Waals surface area contributed by atoms with E-state index in [-0.39, 0.29) is 24.3 Å². The number of hydrogen-bond acceptors (Lipinski definition) is 6. The van der Waals surface area contributed by atoms with E-state index in [1.165, 1.54) is 12.0 Å². The predicted molar refractivity (Wildman–Crippen MR) is 131 cm³/mol. The Morgan fingerprint density at radius 2 is 1.82 bits per heavy atom. The quantitative estimate of drug-likeness (QED) is 0.376. The molecule has 3 aromatic rings. The Balaban J connectivity index is 1.49. The van der Waals surface area contributed by atoms with Gasteiger partial charge in [-0.15, -0.1) is 0 Å². The monoisotopic (exact) mass is 490 g/mol. The van der Waals surface area contributed by atoms with Crippen molar-refractivity contribution in [2.45, 2.75) is 13.2 Å².